The summed E-state index contributed by atoms with van der Waals surface area (Å²) in [7, 11) is 1.65. The van der Waals surface area contributed by atoms with Gasteiger partial charge in [0.2, 0.25) is 5.88 Å². The Bertz CT molecular complexity index is 1080. The molecule has 2 bridgehead atoms. The van der Waals surface area contributed by atoms with E-state index in [4.69, 9.17) is 14.5 Å². The van der Waals surface area contributed by atoms with E-state index in [1.54, 1.807) is 7.11 Å². The molecule has 0 radical (unpaired) electrons. The van der Waals surface area contributed by atoms with Crippen LogP contribution in [0.15, 0.2) is 67.3 Å². The first-order valence-corrected chi connectivity index (χ1v) is 10.9. The smallest absolute Gasteiger partial charge is 0.220 e. The zero-order valence-corrected chi connectivity index (χ0v) is 17.8. The number of hydrogen-bond acceptors (Lipinski definition) is 5. The number of pyridine rings is 1. The van der Waals surface area contributed by atoms with Crippen molar-refractivity contribution >= 4 is 10.9 Å². The molecule has 2 aromatic carbocycles. The summed E-state index contributed by atoms with van der Waals surface area (Å²) in [5.74, 6) is 3.06. The largest absolute Gasteiger partial charge is 0.497 e. The first-order chi connectivity index (χ1) is 15.2. The second kappa shape index (κ2) is 8.33. The number of hydrogen-bond donors (Lipinski definition) is 1. The van der Waals surface area contributed by atoms with Crippen LogP contribution in [0.3, 0.4) is 0 Å². The van der Waals surface area contributed by atoms with E-state index in [1.165, 1.54) is 6.42 Å². The van der Waals surface area contributed by atoms with E-state index >= 15 is 0 Å². The minimum atomic E-state index is -0.635. The maximum Gasteiger partial charge on any atom is 0.220 e. The number of para-hydroxylation sites is 1. The summed E-state index contributed by atoms with van der Waals surface area (Å²) >= 11 is 0. The van der Waals surface area contributed by atoms with Crippen molar-refractivity contribution < 1.29 is 14.6 Å². The normalized spacial score (nSPS) is 25.9. The van der Waals surface area contributed by atoms with E-state index in [2.05, 4.69) is 17.6 Å². The van der Waals surface area contributed by atoms with Gasteiger partial charge in [0.25, 0.3) is 0 Å². The molecule has 0 aliphatic carbocycles. The number of benzene rings is 2. The molecule has 0 amide bonds. The molecule has 3 saturated heterocycles. The van der Waals surface area contributed by atoms with Crippen LogP contribution in [-0.4, -0.2) is 41.2 Å². The predicted octanol–water partition coefficient (Wildman–Crippen LogP) is 4.97. The number of aromatic nitrogens is 1. The highest BCUT2D eigenvalue weighted by Crippen LogP contribution is 2.43. The second-order valence-electron chi connectivity index (χ2n) is 8.54. The van der Waals surface area contributed by atoms with Gasteiger partial charge in [-0.05, 0) is 67.1 Å². The lowest BCUT2D eigenvalue weighted by Crippen LogP contribution is -2.54. The van der Waals surface area contributed by atoms with Gasteiger partial charge < -0.3 is 14.6 Å². The summed E-state index contributed by atoms with van der Waals surface area (Å²) in [4.78, 5) is 7.11. The van der Waals surface area contributed by atoms with Gasteiger partial charge in [-0.15, -0.1) is 6.58 Å². The van der Waals surface area contributed by atoms with E-state index in [-0.39, 0.29) is 6.04 Å². The molecular weight excluding hydrogens is 388 g/mol. The Balaban J connectivity index is 1.54. The number of piperidine rings is 3. The molecule has 6 rings (SSSR count). The van der Waals surface area contributed by atoms with Gasteiger partial charge in [-0.2, -0.15) is 0 Å². The monoisotopic (exact) mass is 416 g/mol. The lowest BCUT2D eigenvalue weighted by Gasteiger charge is -2.50. The van der Waals surface area contributed by atoms with Crippen LogP contribution in [-0.2, 0) is 0 Å². The van der Waals surface area contributed by atoms with E-state index in [9.17, 15) is 5.11 Å². The third kappa shape index (κ3) is 3.80. The maximum atomic E-state index is 11.6. The Hall–Kier alpha value is -2.89. The van der Waals surface area contributed by atoms with Crippen molar-refractivity contribution in [3.8, 4) is 17.4 Å². The highest BCUT2D eigenvalue weighted by atomic mass is 16.5. The molecule has 0 spiro atoms. The van der Waals surface area contributed by atoms with Crippen molar-refractivity contribution in [3.63, 3.8) is 0 Å². The van der Waals surface area contributed by atoms with Crippen molar-refractivity contribution in [2.24, 2.45) is 11.8 Å². The van der Waals surface area contributed by atoms with Gasteiger partial charge in [0, 0.05) is 24.0 Å². The highest BCUT2D eigenvalue weighted by Gasteiger charge is 2.42. The fourth-order valence-electron chi connectivity index (χ4n) is 5.15. The molecule has 1 unspecified atom stereocenters. The average Bonchev–Trinajstić information content (AvgIpc) is 2.83. The Kier molecular flexibility index (Phi) is 5.38. The van der Waals surface area contributed by atoms with Crippen LogP contribution >= 0.6 is 0 Å². The fraction of sp³-hybridized carbons (Fsp3) is 0.346. The summed E-state index contributed by atoms with van der Waals surface area (Å²) < 4.78 is 11.5. The Morgan fingerprint density at radius 1 is 1.16 bits per heavy atom. The first-order valence-electron chi connectivity index (χ1n) is 10.9. The predicted molar refractivity (Wildman–Crippen MR) is 122 cm³/mol. The molecule has 5 atom stereocenters. The van der Waals surface area contributed by atoms with Crippen LogP contribution in [0.25, 0.3) is 10.9 Å². The van der Waals surface area contributed by atoms with Gasteiger partial charge >= 0.3 is 0 Å². The number of fused-ring (bicyclic) bond motifs is 4. The lowest BCUT2D eigenvalue weighted by atomic mass is 9.73. The van der Waals surface area contributed by atoms with Gasteiger partial charge in [0.15, 0.2) is 0 Å². The average molecular weight is 417 g/mol. The molecule has 5 nitrogen and oxygen atoms in total. The third-order valence-electron chi connectivity index (χ3n) is 6.83. The second-order valence-corrected chi connectivity index (χ2v) is 8.54. The summed E-state index contributed by atoms with van der Waals surface area (Å²) in [5.41, 5.74) is 1.62. The number of aliphatic hydroxyl groups is 1. The molecule has 1 N–H and O–H groups in total. The number of nitrogens with zero attached hydrogens (tertiary/aromatic N) is 2. The summed E-state index contributed by atoms with van der Waals surface area (Å²) in [6.45, 7) is 6.01. The summed E-state index contributed by atoms with van der Waals surface area (Å²) in [6.07, 6.45) is 3.59. The van der Waals surface area contributed by atoms with E-state index in [0.717, 1.165) is 47.5 Å². The van der Waals surface area contributed by atoms with Gasteiger partial charge in [-0.3, -0.25) is 4.90 Å². The first kappa shape index (κ1) is 20.0. The van der Waals surface area contributed by atoms with Crippen LogP contribution < -0.4 is 9.47 Å². The Morgan fingerprint density at radius 2 is 2.00 bits per heavy atom. The molecule has 3 fully saturated rings. The van der Waals surface area contributed by atoms with Crippen molar-refractivity contribution in [2.75, 3.05) is 20.2 Å². The number of methoxy groups -OCH3 is 1. The molecular formula is C26H28N2O3. The van der Waals surface area contributed by atoms with Crippen LogP contribution in [0.4, 0.5) is 0 Å². The molecule has 31 heavy (non-hydrogen) atoms. The van der Waals surface area contributed by atoms with Crippen LogP contribution in [0.2, 0.25) is 0 Å². The molecule has 3 aliphatic heterocycles. The van der Waals surface area contributed by atoms with Crippen molar-refractivity contribution in [2.45, 2.75) is 25.0 Å². The van der Waals surface area contributed by atoms with Crippen molar-refractivity contribution in [1.29, 1.82) is 0 Å². The lowest BCUT2D eigenvalue weighted by molar-refractivity contribution is -0.0445. The zero-order valence-electron chi connectivity index (χ0n) is 17.8. The number of aliphatic hydroxyl groups excluding tert-OH is 1. The molecule has 160 valence electrons. The van der Waals surface area contributed by atoms with Gasteiger partial charge in [-0.25, -0.2) is 4.98 Å². The van der Waals surface area contributed by atoms with Crippen LogP contribution in [0.1, 0.15) is 24.5 Å². The van der Waals surface area contributed by atoms with Gasteiger partial charge in [0.05, 0.1) is 18.7 Å². The van der Waals surface area contributed by atoms with Crippen molar-refractivity contribution in [3.05, 3.63) is 72.8 Å². The molecule has 1 aromatic heterocycles. The number of ether oxygens (including phenoxy) is 2. The standard InChI is InChI=1S/C26H28N2O3/c1-3-17-16-28-12-11-18(17)13-24(28)26(29)22-15-25(31-19-7-5-4-6-8-19)27-23-10-9-20(30-2)14-21(22)23/h3-10,14-15,17-18,24,26,29H,1,11-13,16H2,2H3/t17-,18-,24-,26+/m0/s1. The summed E-state index contributed by atoms with van der Waals surface area (Å²) in [6, 6.07) is 17.3. The molecule has 0 saturated carbocycles. The Labute approximate surface area is 182 Å². The summed E-state index contributed by atoms with van der Waals surface area (Å²) in [5, 5.41) is 12.5. The minimum absolute atomic E-state index is 0.0799. The molecule has 4 heterocycles. The topological polar surface area (TPSA) is 54.8 Å². The quantitative estimate of drug-likeness (QED) is 0.575. The Morgan fingerprint density at radius 3 is 2.71 bits per heavy atom. The van der Waals surface area contributed by atoms with Crippen LogP contribution in [0, 0.1) is 11.8 Å². The van der Waals surface area contributed by atoms with Gasteiger partial charge in [-0.1, -0.05) is 24.3 Å². The SMILES string of the molecule is C=C[C@H]1CN2CC[C@H]1C[C@H]2[C@H](O)c1cc(Oc2ccccc2)nc2ccc(OC)cc12. The molecule has 3 aliphatic rings. The van der Waals surface area contributed by atoms with E-state index in [1.807, 2.05) is 54.6 Å². The van der Waals surface area contributed by atoms with E-state index < -0.39 is 6.10 Å². The zero-order chi connectivity index (χ0) is 21.4. The highest BCUT2D eigenvalue weighted by molar-refractivity contribution is 5.85. The number of rotatable bonds is 6. The van der Waals surface area contributed by atoms with Crippen molar-refractivity contribution in [1.82, 2.24) is 9.88 Å². The van der Waals surface area contributed by atoms with Crippen LogP contribution in [0.5, 0.6) is 17.4 Å². The molecule has 3 aromatic rings. The van der Waals surface area contributed by atoms with Gasteiger partial charge in [0.1, 0.15) is 11.5 Å². The minimum Gasteiger partial charge on any atom is -0.497 e. The maximum absolute atomic E-state index is 11.6. The molecule has 5 heteroatoms. The third-order valence-corrected chi connectivity index (χ3v) is 6.83. The fourth-order valence-corrected chi connectivity index (χ4v) is 5.15. The van der Waals surface area contributed by atoms with E-state index in [0.29, 0.717) is 17.7 Å².